The number of methoxy groups -OCH3 is 1. The second kappa shape index (κ2) is 7.22. The molecule has 3 nitrogen and oxygen atoms in total. The predicted octanol–water partition coefficient (Wildman–Crippen LogP) is 2.70. The van der Waals surface area contributed by atoms with Crippen molar-refractivity contribution in [3.05, 3.63) is 29.8 Å². The van der Waals surface area contributed by atoms with E-state index in [1.54, 1.807) is 11.8 Å². The van der Waals surface area contributed by atoms with E-state index in [1.807, 2.05) is 37.4 Å². The molecule has 0 amide bonds. The molecule has 0 aliphatic rings. The maximum Gasteiger partial charge on any atom is 0.328 e. The van der Waals surface area contributed by atoms with Crippen molar-refractivity contribution < 1.29 is 9.53 Å². The standard InChI is InChI=1S/C13H19NO2S/c1-10-4-6-11(7-5-10)14-12(8-9-17-3)13(15)16-2/h4-7,12,14H,8-9H2,1-3H3. The predicted molar refractivity (Wildman–Crippen MR) is 73.6 cm³/mol. The maximum absolute atomic E-state index is 11.6. The van der Waals surface area contributed by atoms with E-state index in [1.165, 1.54) is 12.7 Å². The lowest BCUT2D eigenvalue weighted by Gasteiger charge is -2.17. The van der Waals surface area contributed by atoms with Gasteiger partial charge in [-0.15, -0.1) is 0 Å². The molecule has 0 bridgehead atoms. The third-order valence-corrected chi connectivity index (χ3v) is 3.13. The number of carbonyl (C=O) groups excluding carboxylic acids is 1. The van der Waals surface area contributed by atoms with Crippen molar-refractivity contribution >= 4 is 23.4 Å². The molecule has 0 aromatic heterocycles. The Kier molecular flexibility index (Phi) is 5.91. The molecular formula is C13H19NO2S. The van der Waals surface area contributed by atoms with E-state index in [2.05, 4.69) is 5.32 Å². The van der Waals surface area contributed by atoms with Crippen LogP contribution in [-0.2, 0) is 9.53 Å². The number of hydrogen-bond donors (Lipinski definition) is 1. The summed E-state index contributed by atoms with van der Waals surface area (Å²) < 4.78 is 4.79. The summed E-state index contributed by atoms with van der Waals surface area (Å²) in [6.07, 6.45) is 2.79. The first-order chi connectivity index (χ1) is 8.17. The van der Waals surface area contributed by atoms with Crippen LogP contribution in [0.5, 0.6) is 0 Å². The summed E-state index contributed by atoms with van der Waals surface area (Å²) in [5.74, 6) is 0.721. The van der Waals surface area contributed by atoms with Gasteiger partial charge in [0.25, 0.3) is 0 Å². The fraction of sp³-hybridized carbons (Fsp3) is 0.462. The summed E-state index contributed by atoms with van der Waals surface area (Å²) in [5, 5.41) is 3.20. The molecule has 0 saturated carbocycles. The number of aryl methyl sites for hydroxylation is 1. The zero-order valence-corrected chi connectivity index (χ0v) is 11.3. The molecule has 94 valence electrons. The zero-order chi connectivity index (χ0) is 12.7. The number of ether oxygens (including phenoxy) is 1. The molecule has 1 unspecified atom stereocenters. The molecule has 1 aromatic carbocycles. The van der Waals surface area contributed by atoms with Gasteiger partial charge in [-0.05, 0) is 37.5 Å². The Labute approximate surface area is 107 Å². The van der Waals surface area contributed by atoms with Crippen LogP contribution in [0.1, 0.15) is 12.0 Å². The number of thioether (sulfide) groups is 1. The first-order valence-electron chi connectivity index (χ1n) is 5.57. The van der Waals surface area contributed by atoms with Crippen LogP contribution in [0, 0.1) is 6.92 Å². The van der Waals surface area contributed by atoms with E-state index in [-0.39, 0.29) is 12.0 Å². The Morgan fingerprint density at radius 1 is 1.41 bits per heavy atom. The number of carbonyl (C=O) groups is 1. The maximum atomic E-state index is 11.6. The first kappa shape index (κ1) is 13.9. The normalized spacial score (nSPS) is 11.9. The SMILES string of the molecule is COC(=O)C(CCSC)Nc1ccc(C)cc1. The molecule has 0 fully saturated rings. The molecule has 1 atom stereocenters. The van der Waals surface area contributed by atoms with Gasteiger partial charge in [-0.2, -0.15) is 11.8 Å². The van der Waals surface area contributed by atoms with Gasteiger partial charge < -0.3 is 10.1 Å². The molecule has 17 heavy (non-hydrogen) atoms. The Morgan fingerprint density at radius 2 is 2.06 bits per heavy atom. The van der Waals surface area contributed by atoms with Gasteiger partial charge in [-0.25, -0.2) is 4.79 Å². The number of hydrogen-bond acceptors (Lipinski definition) is 4. The van der Waals surface area contributed by atoms with Gasteiger partial charge in [0.1, 0.15) is 6.04 Å². The quantitative estimate of drug-likeness (QED) is 0.791. The summed E-state index contributed by atoms with van der Waals surface area (Å²) in [6, 6.07) is 7.72. The van der Waals surface area contributed by atoms with Crippen molar-refractivity contribution in [2.24, 2.45) is 0 Å². The van der Waals surface area contributed by atoms with Gasteiger partial charge in [0.2, 0.25) is 0 Å². The monoisotopic (exact) mass is 253 g/mol. The molecular weight excluding hydrogens is 234 g/mol. The summed E-state index contributed by atoms with van der Waals surface area (Å²) in [7, 11) is 1.42. The third-order valence-electron chi connectivity index (χ3n) is 2.49. The fourth-order valence-corrected chi connectivity index (χ4v) is 1.95. The minimum atomic E-state index is -0.268. The van der Waals surface area contributed by atoms with Crippen LogP contribution >= 0.6 is 11.8 Å². The molecule has 0 aliphatic heterocycles. The third kappa shape index (κ3) is 4.69. The van der Waals surface area contributed by atoms with E-state index in [9.17, 15) is 4.79 Å². The van der Waals surface area contributed by atoms with E-state index in [0.29, 0.717) is 0 Å². The fourth-order valence-electron chi connectivity index (χ4n) is 1.48. The molecule has 1 rings (SSSR count). The van der Waals surface area contributed by atoms with Gasteiger partial charge in [0, 0.05) is 5.69 Å². The largest absolute Gasteiger partial charge is 0.467 e. The summed E-state index contributed by atoms with van der Waals surface area (Å²) >= 11 is 1.72. The van der Waals surface area contributed by atoms with Crippen molar-refractivity contribution in [2.75, 3.05) is 24.4 Å². The van der Waals surface area contributed by atoms with Crippen molar-refractivity contribution in [3.63, 3.8) is 0 Å². The number of anilines is 1. The molecule has 0 saturated heterocycles. The number of esters is 1. The topological polar surface area (TPSA) is 38.3 Å². The minimum Gasteiger partial charge on any atom is -0.467 e. The van der Waals surface area contributed by atoms with Gasteiger partial charge in [-0.3, -0.25) is 0 Å². The van der Waals surface area contributed by atoms with Crippen molar-refractivity contribution in [3.8, 4) is 0 Å². The minimum absolute atomic E-state index is 0.209. The number of rotatable bonds is 6. The molecule has 0 spiro atoms. The van der Waals surface area contributed by atoms with E-state index in [0.717, 1.165) is 17.9 Å². The molecule has 0 aliphatic carbocycles. The number of nitrogens with one attached hydrogen (secondary N) is 1. The van der Waals surface area contributed by atoms with E-state index < -0.39 is 0 Å². The lowest BCUT2D eigenvalue weighted by Crippen LogP contribution is -2.31. The van der Waals surface area contributed by atoms with E-state index >= 15 is 0 Å². The summed E-state index contributed by atoms with van der Waals surface area (Å²) in [4.78, 5) is 11.6. The smallest absolute Gasteiger partial charge is 0.328 e. The molecule has 1 N–H and O–H groups in total. The lowest BCUT2D eigenvalue weighted by molar-refractivity contribution is -0.141. The second-order valence-corrected chi connectivity index (χ2v) is 4.85. The number of benzene rings is 1. The van der Waals surface area contributed by atoms with Crippen LogP contribution in [0.15, 0.2) is 24.3 Å². The molecule has 0 heterocycles. The van der Waals surface area contributed by atoms with Crippen molar-refractivity contribution in [1.29, 1.82) is 0 Å². The Hall–Kier alpha value is -1.16. The van der Waals surface area contributed by atoms with Gasteiger partial charge >= 0.3 is 5.97 Å². The van der Waals surface area contributed by atoms with Gasteiger partial charge in [0.15, 0.2) is 0 Å². The average Bonchev–Trinajstić information content (AvgIpc) is 2.36. The highest BCUT2D eigenvalue weighted by Gasteiger charge is 2.18. The molecule has 0 radical (unpaired) electrons. The zero-order valence-electron chi connectivity index (χ0n) is 10.5. The van der Waals surface area contributed by atoms with Crippen LogP contribution in [0.25, 0.3) is 0 Å². The summed E-state index contributed by atoms with van der Waals surface area (Å²) in [6.45, 7) is 2.04. The van der Waals surface area contributed by atoms with Gasteiger partial charge in [-0.1, -0.05) is 17.7 Å². The van der Waals surface area contributed by atoms with Crippen LogP contribution in [0.4, 0.5) is 5.69 Å². The first-order valence-corrected chi connectivity index (χ1v) is 6.96. The van der Waals surface area contributed by atoms with Crippen LogP contribution in [0.3, 0.4) is 0 Å². The molecule has 4 heteroatoms. The van der Waals surface area contributed by atoms with Crippen molar-refractivity contribution in [1.82, 2.24) is 0 Å². The lowest BCUT2D eigenvalue weighted by atomic mass is 10.2. The second-order valence-electron chi connectivity index (χ2n) is 3.87. The Morgan fingerprint density at radius 3 is 2.59 bits per heavy atom. The summed E-state index contributed by atoms with van der Waals surface area (Å²) in [5.41, 5.74) is 2.15. The van der Waals surface area contributed by atoms with E-state index in [4.69, 9.17) is 4.74 Å². The Bertz CT molecular complexity index is 351. The van der Waals surface area contributed by atoms with Gasteiger partial charge in [0.05, 0.1) is 7.11 Å². The highest BCUT2D eigenvalue weighted by Crippen LogP contribution is 2.13. The van der Waals surface area contributed by atoms with Crippen LogP contribution < -0.4 is 5.32 Å². The molecule has 1 aromatic rings. The van der Waals surface area contributed by atoms with Crippen molar-refractivity contribution in [2.45, 2.75) is 19.4 Å². The van der Waals surface area contributed by atoms with Crippen LogP contribution in [-0.4, -0.2) is 31.1 Å². The van der Waals surface area contributed by atoms with Crippen LogP contribution in [0.2, 0.25) is 0 Å². The Balaban J connectivity index is 2.64. The average molecular weight is 253 g/mol. The highest BCUT2D eigenvalue weighted by atomic mass is 32.2. The highest BCUT2D eigenvalue weighted by molar-refractivity contribution is 7.98.